The normalized spacial score (nSPS) is 25.3. The highest BCUT2D eigenvalue weighted by atomic mass is 32.2. The molecule has 0 saturated carbocycles. The van der Waals surface area contributed by atoms with Gasteiger partial charge in [-0.3, -0.25) is 9.59 Å². The standard InChI is InChI=1S/C8H11NO5S/c1-5(10)9-2-3-15-8(9,7(13)14)4-6(11)12/h2-4H2,1H3,(H,11,12)(H,13,14). The first kappa shape index (κ1) is 11.8. The fraction of sp³-hybridized carbons (Fsp3) is 0.625. The predicted octanol–water partition coefficient (Wildman–Crippen LogP) is -0.163. The van der Waals surface area contributed by atoms with Crippen LogP contribution < -0.4 is 0 Å². The highest BCUT2D eigenvalue weighted by molar-refractivity contribution is 8.01. The zero-order valence-electron chi connectivity index (χ0n) is 8.10. The first-order valence-electron chi connectivity index (χ1n) is 4.27. The van der Waals surface area contributed by atoms with E-state index >= 15 is 0 Å². The molecule has 7 heteroatoms. The predicted molar refractivity (Wildman–Crippen MR) is 52.5 cm³/mol. The van der Waals surface area contributed by atoms with E-state index in [0.717, 1.165) is 16.7 Å². The molecule has 1 amide bonds. The maximum absolute atomic E-state index is 11.2. The van der Waals surface area contributed by atoms with Crippen molar-refractivity contribution in [3.05, 3.63) is 0 Å². The zero-order valence-corrected chi connectivity index (χ0v) is 8.91. The van der Waals surface area contributed by atoms with Gasteiger partial charge < -0.3 is 15.1 Å². The Morgan fingerprint density at radius 2 is 2.00 bits per heavy atom. The molecule has 1 aliphatic rings. The Morgan fingerprint density at radius 1 is 1.40 bits per heavy atom. The van der Waals surface area contributed by atoms with E-state index in [2.05, 4.69) is 0 Å². The number of rotatable bonds is 3. The number of amides is 1. The summed E-state index contributed by atoms with van der Waals surface area (Å²) in [5.74, 6) is -2.47. The number of nitrogens with zero attached hydrogens (tertiary/aromatic N) is 1. The van der Waals surface area contributed by atoms with Gasteiger partial charge in [0.15, 0.2) is 4.87 Å². The fourth-order valence-electron chi connectivity index (χ4n) is 1.58. The largest absolute Gasteiger partial charge is 0.481 e. The lowest BCUT2D eigenvalue weighted by molar-refractivity contribution is -0.155. The van der Waals surface area contributed by atoms with Crippen molar-refractivity contribution in [2.24, 2.45) is 0 Å². The summed E-state index contributed by atoms with van der Waals surface area (Å²) in [7, 11) is 0. The molecular formula is C8H11NO5S. The maximum Gasteiger partial charge on any atom is 0.340 e. The minimum absolute atomic E-state index is 0.277. The SMILES string of the molecule is CC(=O)N1CCSC1(CC(=O)O)C(=O)O. The van der Waals surface area contributed by atoms with E-state index in [1.807, 2.05) is 0 Å². The molecule has 6 nitrogen and oxygen atoms in total. The molecule has 0 bridgehead atoms. The van der Waals surface area contributed by atoms with Crippen molar-refractivity contribution in [2.75, 3.05) is 12.3 Å². The Hall–Kier alpha value is -1.24. The molecular weight excluding hydrogens is 222 g/mol. The minimum atomic E-state index is -1.63. The Bertz CT molecular complexity index is 318. The number of carboxylic acid groups (broad SMARTS) is 2. The summed E-state index contributed by atoms with van der Waals surface area (Å²) in [4.78, 5) is 32.4. The first-order chi connectivity index (χ1) is 6.90. The quantitative estimate of drug-likeness (QED) is 0.703. The summed E-state index contributed by atoms with van der Waals surface area (Å²) in [6, 6.07) is 0. The summed E-state index contributed by atoms with van der Waals surface area (Å²) in [6.07, 6.45) is -0.577. The van der Waals surface area contributed by atoms with Crippen LogP contribution in [0, 0.1) is 0 Å². The minimum Gasteiger partial charge on any atom is -0.481 e. The van der Waals surface area contributed by atoms with Gasteiger partial charge in [-0.2, -0.15) is 0 Å². The van der Waals surface area contributed by atoms with Crippen molar-refractivity contribution in [1.82, 2.24) is 4.90 Å². The number of carbonyl (C=O) groups is 3. The average molecular weight is 233 g/mol. The lowest BCUT2D eigenvalue weighted by Gasteiger charge is -2.31. The molecule has 15 heavy (non-hydrogen) atoms. The Morgan fingerprint density at radius 3 is 2.40 bits per heavy atom. The lowest BCUT2D eigenvalue weighted by Crippen LogP contribution is -2.51. The van der Waals surface area contributed by atoms with E-state index in [1.165, 1.54) is 6.92 Å². The van der Waals surface area contributed by atoms with Gasteiger partial charge in [0.05, 0.1) is 6.42 Å². The average Bonchev–Trinajstić information content (AvgIpc) is 2.47. The van der Waals surface area contributed by atoms with E-state index in [0.29, 0.717) is 5.75 Å². The van der Waals surface area contributed by atoms with Gasteiger partial charge in [0.25, 0.3) is 0 Å². The van der Waals surface area contributed by atoms with Crippen molar-refractivity contribution in [2.45, 2.75) is 18.2 Å². The fourth-order valence-corrected chi connectivity index (χ4v) is 2.92. The molecule has 1 fully saturated rings. The number of aliphatic carboxylic acids is 2. The van der Waals surface area contributed by atoms with Crippen LogP contribution in [-0.4, -0.2) is 50.1 Å². The molecule has 1 saturated heterocycles. The van der Waals surface area contributed by atoms with Crippen LogP contribution >= 0.6 is 11.8 Å². The summed E-state index contributed by atoms with van der Waals surface area (Å²) >= 11 is 0.987. The molecule has 1 atom stereocenters. The van der Waals surface area contributed by atoms with E-state index in [4.69, 9.17) is 10.2 Å². The lowest BCUT2D eigenvalue weighted by atomic mass is 10.1. The van der Waals surface area contributed by atoms with Crippen molar-refractivity contribution in [1.29, 1.82) is 0 Å². The molecule has 1 heterocycles. The number of hydrogen-bond donors (Lipinski definition) is 2. The zero-order chi connectivity index (χ0) is 11.6. The van der Waals surface area contributed by atoms with Gasteiger partial charge in [-0.25, -0.2) is 4.79 Å². The van der Waals surface area contributed by atoms with Crippen LogP contribution in [0.15, 0.2) is 0 Å². The van der Waals surface area contributed by atoms with E-state index in [-0.39, 0.29) is 6.54 Å². The van der Waals surface area contributed by atoms with Gasteiger partial charge >= 0.3 is 11.9 Å². The number of carboxylic acids is 2. The van der Waals surface area contributed by atoms with Crippen LogP contribution in [-0.2, 0) is 14.4 Å². The third kappa shape index (κ3) is 2.06. The Balaban J connectivity index is 3.03. The topological polar surface area (TPSA) is 94.9 Å². The van der Waals surface area contributed by atoms with Gasteiger partial charge in [0.2, 0.25) is 5.91 Å². The molecule has 1 rings (SSSR count). The molecule has 0 radical (unpaired) electrons. The molecule has 84 valence electrons. The summed E-state index contributed by atoms with van der Waals surface area (Å²) in [5, 5.41) is 17.7. The highest BCUT2D eigenvalue weighted by Gasteiger charge is 2.51. The second kappa shape index (κ2) is 4.09. The van der Waals surface area contributed by atoms with E-state index in [1.54, 1.807) is 0 Å². The van der Waals surface area contributed by atoms with Crippen LogP contribution in [0.25, 0.3) is 0 Å². The molecule has 2 N–H and O–H groups in total. The maximum atomic E-state index is 11.2. The molecule has 0 aliphatic carbocycles. The smallest absolute Gasteiger partial charge is 0.340 e. The van der Waals surface area contributed by atoms with Gasteiger partial charge in [0, 0.05) is 19.2 Å². The van der Waals surface area contributed by atoms with Gasteiger partial charge in [-0.1, -0.05) is 0 Å². The van der Waals surface area contributed by atoms with Crippen molar-refractivity contribution in [3.8, 4) is 0 Å². The van der Waals surface area contributed by atoms with Gasteiger partial charge in [-0.15, -0.1) is 11.8 Å². The number of carbonyl (C=O) groups excluding carboxylic acids is 1. The monoisotopic (exact) mass is 233 g/mol. The van der Waals surface area contributed by atoms with E-state index < -0.39 is 29.1 Å². The highest BCUT2D eigenvalue weighted by Crippen LogP contribution is 2.39. The third-order valence-electron chi connectivity index (χ3n) is 2.20. The summed E-state index contributed by atoms with van der Waals surface area (Å²) in [6.45, 7) is 1.52. The van der Waals surface area contributed by atoms with E-state index in [9.17, 15) is 14.4 Å². The molecule has 0 spiro atoms. The van der Waals surface area contributed by atoms with Crippen LogP contribution in [0.2, 0.25) is 0 Å². The first-order valence-corrected chi connectivity index (χ1v) is 5.26. The Kier molecular flexibility index (Phi) is 3.23. The molecule has 0 aromatic carbocycles. The van der Waals surface area contributed by atoms with Crippen molar-refractivity contribution < 1.29 is 24.6 Å². The van der Waals surface area contributed by atoms with Gasteiger partial charge in [0.1, 0.15) is 0 Å². The van der Waals surface area contributed by atoms with Crippen LogP contribution in [0.5, 0.6) is 0 Å². The van der Waals surface area contributed by atoms with Crippen molar-refractivity contribution >= 4 is 29.6 Å². The van der Waals surface area contributed by atoms with Gasteiger partial charge in [-0.05, 0) is 0 Å². The Labute approximate surface area is 90.2 Å². The second-order valence-electron chi connectivity index (χ2n) is 3.18. The number of hydrogen-bond acceptors (Lipinski definition) is 4. The molecule has 1 unspecified atom stereocenters. The number of thioether (sulfide) groups is 1. The van der Waals surface area contributed by atoms with Crippen LogP contribution in [0.4, 0.5) is 0 Å². The second-order valence-corrected chi connectivity index (χ2v) is 4.55. The molecule has 0 aromatic rings. The third-order valence-corrected chi connectivity index (χ3v) is 3.60. The summed E-state index contributed by atoms with van der Waals surface area (Å²) in [5.41, 5.74) is 0. The van der Waals surface area contributed by atoms with Crippen molar-refractivity contribution in [3.63, 3.8) is 0 Å². The summed E-state index contributed by atoms with van der Waals surface area (Å²) < 4.78 is 0. The van der Waals surface area contributed by atoms with Crippen LogP contribution in [0.1, 0.15) is 13.3 Å². The molecule has 0 aromatic heterocycles. The van der Waals surface area contributed by atoms with Crippen LogP contribution in [0.3, 0.4) is 0 Å². The molecule has 1 aliphatic heterocycles.